The monoisotopic (exact) mass is 338 g/mol. The van der Waals surface area contributed by atoms with Gasteiger partial charge in [0.25, 0.3) is 5.91 Å². The first-order chi connectivity index (χ1) is 12.1. The number of methoxy groups -OCH3 is 2. The number of aromatic nitrogens is 1. The van der Waals surface area contributed by atoms with Crippen LogP contribution in [0.2, 0.25) is 0 Å². The Morgan fingerprint density at radius 3 is 2.60 bits per heavy atom. The number of amides is 1. The maximum Gasteiger partial charge on any atom is 0.267 e. The van der Waals surface area contributed by atoms with Crippen molar-refractivity contribution in [3.63, 3.8) is 0 Å². The van der Waals surface area contributed by atoms with Crippen LogP contribution in [0.5, 0.6) is 11.5 Å². The highest BCUT2D eigenvalue weighted by molar-refractivity contribution is 6.06. The number of rotatable bonds is 6. The van der Waals surface area contributed by atoms with Crippen LogP contribution in [-0.2, 0) is 4.79 Å². The van der Waals surface area contributed by atoms with E-state index in [1.807, 2.05) is 25.1 Å². The third kappa shape index (κ3) is 4.72. The molecule has 1 heterocycles. The van der Waals surface area contributed by atoms with E-state index in [1.54, 1.807) is 24.3 Å². The minimum absolute atomic E-state index is 0.0851. The number of aryl methyl sites for hydroxylation is 1. The second kappa shape index (κ2) is 8.36. The van der Waals surface area contributed by atoms with Gasteiger partial charge in [-0.05, 0) is 31.2 Å². The first-order valence-corrected chi connectivity index (χ1v) is 7.41. The molecular formula is C18H18N4O3. The highest BCUT2D eigenvalue weighted by atomic mass is 16.5. The van der Waals surface area contributed by atoms with E-state index >= 15 is 0 Å². The van der Waals surface area contributed by atoms with Crippen LogP contribution in [0.4, 0.5) is 11.5 Å². The van der Waals surface area contributed by atoms with Crippen molar-refractivity contribution in [2.24, 2.45) is 0 Å². The van der Waals surface area contributed by atoms with Crippen LogP contribution in [0.3, 0.4) is 0 Å². The van der Waals surface area contributed by atoms with Crippen LogP contribution < -0.4 is 20.1 Å². The molecule has 0 unspecified atom stereocenters. The quantitative estimate of drug-likeness (QED) is 0.621. The van der Waals surface area contributed by atoms with E-state index in [0.717, 1.165) is 5.69 Å². The van der Waals surface area contributed by atoms with Gasteiger partial charge >= 0.3 is 0 Å². The molecule has 0 saturated carbocycles. The van der Waals surface area contributed by atoms with Crippen molar-refractivity contribution in [2.45, 2.75) is 6.92 Å². The molecule has 7 heteroatoms. The van der Waals surface area contributed by atoms with Crippen LogP contribution in [0.25, 0.3) is 0 Å². The predicted octanol–water partition coefficient (Wildman–Crippen LogP) is 2.87. The lowest BCUT2D eigenvalue weighted by Crippen LogP contribution is -2.14. The van der Waals surface area contributed by atoms with Gasteiger partial charge in [0.1, 0.15) is 17.5 Å². The zero-order valence-electron chi connectivity index (χ0n) is 14.2. The largest absolute Gasteiger partial charge is 0.493 e. The zero-order chi connectivity index (χ0) is 18.2. The summed E-state index contributed by atoms with van der Waals surface area (Å²) >= 11 is 0. The molecule has 1 aromatic heterocycles. The third-order valence-electron chi connectivity index (χ3n) is 3.26. The molecule has 2 aromatic rings. The van der Waals surface area contributed by atoms with Gasteiger partial charge in [0.15, 0.2) is 11.5 Å². The molecule has 0 atom stereocenters. The number of nitrogens with one attached hydrogen (secondary N) is 2. The van der Waals surface area contributed by atoms with Crippen molar-refractivity contribution in [3.05, 3.63) is 53.9 Å². The summed E-state index contributed by atoms with van der Waals surface area (Å²) in [6.45, 7) is 1.85. The summed E-state index contributed by atoms with van der Waals surface area (Å²) in [4.78, 5) is 16.5. The van der Waals surface area contributed by atoms with Crippen molar-refractivity contribution < 1.29 is 14.3 Å². The average Bonchev–Trinajstić information content (AvgIpc) is 2.62. The van der Waals surface area contributed by atoms with E-state index in [1.165, 1.54) is 20.4 Å². The molecule has 0 aliphatic carbocycles. The third-order valence-corrected chi connectivity index (χ3v) is 3.26. The first kappa shape index (κ1) is 17.8. The molecule has 2 rings (SSSR count). The Balaban J connectivity index is 2.12. The van der Waals surface area contributed by atoms with E-state index < -0.39 is 5.91 Å². The van der Waals surface area contributed by atoms with Gasteiger partial charge in [-0.1, -0.05) is 6.07 Å². The second-order valence-corrected chi connectivity index (χ2v) is 5.00. The number of pyridine rings is 1. The number of anilines is 2. The standard InChI is InChI=1S/C18H18N4O3/c1-12-5-4-6-17(21-12)20-11-13(10-19)18(23)22-14-7-8-15(24-2)16(9-14)25-3/h4-9,11H,1-3H3,(H,20,21)(H,22,23)/b13-11-. The van der Waals surface area contributed by atoms with E-state index in [2.05, 4.69) is 15.6 Å². The fourth-order valence-corrected chi connectivity index (χ4v) is 2.03. The lowest BCUT2D eigenvalue weighted by atomic mass is 10.2. The lowest BCUT2D eigenvalue weighted by molar-refractivity contribution is -0.112. The Kier molecular flexibility index (Phi) is 5.96. The molecule has 1 aromatic carbocycles. The highest BCUT2D eigenvalue weighted by Crippen LogP contribution is 2.29. The van der Waals surface area contributed by atoms with Crippen molar-refractivity contribution in [1.29, 1.82) is 5.26 Å². The number of carbonyl (C=O) groups is 1. The molecule has 2 N–H and O–H groups in total. The maximum absolute atomic E-state index is 12.3. The molecule has 0 fully saturated rings. The second-order valence-electron chi connectivity index (χ2n) is 5.00. The molecule has 0 bridgehead atoms. The lowest BCUT2D eigenvalue weighted by Gasteiger charge is -2.10. The normalized spacial score (nSPS) is 10.6. The minimum Gasteiger partial charge on any atom is -0.493 e. The number of ether oxygens (including phenoxy) is 2. The van der Waals surface area contributed by atoms with Crippen LogP contribution in [0.1, 0.15) is 5.69 Å². The summed E-state index contributed by atoms with van der Waals surface area (Å²) in [6.07, 6.45) is 1.32. The van der Waals surface area contributed by atoms with Crippen molar-refractivity contribution in [2.75, 3.05) is 24.9 Å². The molecule has 1 amide bonds. The number of nitriles is 1. The first-order valence-electron chi connectivity index (χ1n) is 7.41. The smallest absolute Gasteiger partial charge is 0.267 e. The maximum atomic E-state index is 12.3. The van der Waals surface area contributed by atoms with E-state index in [9.17, 15) is 10.1 Å². The van der Waals surface area contributed by atoms with Gasteiger partial charge in [0, 0.05) is 23.6 Å². The van der Waals surface area contributed by atoms with Gasteiger partial charge in [-0.2, -0.15) is 5.26 Å². The van der Waals surface area contributed by atoms with Crippen LogP contribution in [-0.4, -0.2) is 25.1 Å². The van der Waals surface area contributed by atoms with E-state index in [0.29, 0.717) is 23.0 Å². The number of benzene rings is 1. The fourth-order valence-electron chi connectivity index (χ4n) is 2.03. The summed E-state index contributed by atoms with van der Waals surface area (Å²) in [7, 11) is 3.03. The van der Waals surface area contributed by atoms with E-state index in [4.69, 9.17) is 9.47 Å². The summed E-state index contributed by atoms with van der Waals surface area (Å²) in [6, 6.07) is 12.2. The molecule has 0 spiro atoms. The summed E-state index contributed by atoms with van der Waals surface area (Å²) in [5.74, 6) is 1.02. The van der Waals surface area contributed by atoms with Gasteiger partial charge in [-0.15, -0.1) is 0 Å². The van der Waals surface area contributed by atoms with Gasteiger partial charge in [0.2, 0.25) is 0 Å². The Bertz CT molecular complexity index is 840. The average molecular weight is 338 g/mol. The van der Waals surface area contributed by atoms with Gasteiger partial charge in [0.05, 0.1) is 14.2 Å². The van der Waals surface area contributed by atoms with Crippen molar-refractivity contribution in [3.8, 4) is 17.6 Å². The predicted molar refractivity (Wildman–Crippen MR) is 94.5 cm³/mol. The molecule has 128 valence electrons. The minimum atomic E-state index is -0.546. The van der Waals surface area contributed by atoms with Crippen LogP contribution in [0.15, 0.2) is 48.2 Å². The van der Waals surface area contributed by atoms with Gasteiger partial charge < -0.3 is 20.1 Å². The Morgan fingerprint density at radius 2 is 1.96 bits per heavy atom. The Hall–Kier alpha value is -3.53. The Labute approximate surface area is 145 Å². The molecule has 0 radical (unpaired) electrons. The van der Waals surface area contributed by atoms with E-state index in [-0.39, 0.29) is 5.57 Å². The van der Waals surface area contributed by atoms with Crippen molar-refractivity contribution >= 4 is 17.4 Å². The molecule has 0 aliphatic heterocycles. The zero-order valence-corrected chi connectivity index (χ0v) is 14.2. The SMILES string of the molecule is COc1ccc(NC(=O)/C(C#N)=C\Nc2cccc(C)n2)cc1OC. The number of hydrogen-bond donors (Lipinski definition) is 2. The van der Waals surface area contributed by atoms with Crippen molar-refractivity contribution in [1.82, 2.24) is 4.98 Å². The molecule has 7 nitrogen and oxygen atoms in total. The fraction of sp³-hybridized carbons (Fsp3) is 0.167. The van der Waals surface area contributed by atoms with Gasteiger partial charge in [-0.25, -0.2) is 4.98 Å². The number of nitrogens with zero attached hydrogens (tertiary/aromatic N) is 2. The van der Waals surface area contributed by atoms with Gasteiger partial charge in [-0.3, -0.25) is 4.79 Å². The van der Waals surface area contributed by atoms with Crippen LogP contribution >= 0.6 is 0 Å². The van der Waals surface area contributed by atoms with Crippen LogP contribution in [0, 0.1) is 18.3 Å². The summed E-state index contributed by atoms with van der Waals surface area (Å²) in [5, 5.41) is 14.7. The molecule has 0 aliphatic rings. The topological polar surface area (TPSA) is 96.3 Å². The highest BCUT2D eigenvalue weighted by Gasteiger charge is 2.11. The summed E-state index contributed by atoms with van der Waals surface area (Å²) in [5.41, 5.74) is 1.22. The molecule has 0 saturated heterocycles. The Morgan fingerprint density at radius 1 is 1.20 bits per heavy atom. The number of carbonyl (C=O) groups excluding carboxylic acids is 1. The summed E-state index contributed by atoms with van der Waals surface area (Å²) < 4.78 is 10.3. The molecular weight excluding hydrogens is 320 g/mol. The number of hydrogen-bond acceptors (Lipinski definition) is 6. The molecule has 25 heavy (non-hydrogen) atoms.